The fraction of sp³-hybridized carbons (Fsp3) is 0.321. The largest absolute Gasteiger partial charge is 0.494 e. The van der Waals surface area contributed by atoms with E-state index in [2.05, 4.69) is 16.1 Å². The Labute approximate surface area is 207 Å². The van der Waals surface area contributed by atoms with Crippen LogP contribution in [-0.4, -0.2) is 27.0 Å². The summed E-state index contributed by atoms with van der Waals surface area (Å²) >= 11 is 0. The van der Waals surface area contributed by atoms with Crippen molar-refractivity contribution in [1.29, 1.82) is 0 Å². The van der Waals surface area contributed by atoms with E-state index in [4.69, 9.17) is 4.74 Å². The fourth-order valence-corrected chi connectivity index (χ4v) is 5.86. The number of carbonyl (C=O) groups is 1. The highest BCUT2D eigenvalue weighted by Gasteiger charge is 2.29. The maximum Gasteiger partial charge on any atom is 0.241 e. The monoisotopic (exact) mass is 492 g/mol. The number of hydrogen-bond donors (Lipinski definition) is 2. The van der Waals surface area contributed by atoms with Gasteiger partial charge in [-0.3, -0.25) is 4.79 Å². The number of ether oxygens (including phenoxy) is 1. The van der Waals surface area contributed by atoms with Crippen molar-refractivity contribution in [1.82, 2.24) is 10.0 Å². The zero-order valence-corrected chi connectivity index (χ0v) is 21.0. The second-order valence-electron chi connectivity index (χ2n) is 8.88. The maximum absolute atomic E-state index is 13.5. The summed E-state index contributed by atoms with van der Waals surface area (Å²) in [4.78, 5) is 13.6. The van der Waals surface area contributed by atoms with Gasteiger partial charge in [0.05, 0.1) is 17.5 Å². The molecule has 1 aliphatic carbocycles. The van der Waals surface area contributed by atoms with Crippen LogP contribution < -0.4 is 14.8 Å². The Morgan fingerprint density at radius 3 is 2.54 bits per heavy atom. The summed E-state index contributed by atoms with van der Waals surface area (Å²) in [5, 5.41) is 3.12. The molecule has 1 aliphatic rings. The molecule has 0 fully saturated rings. The predicted octanol–water partition coefficient (Wildman–Crippen LogP) is 4.48. The van der Waals surface area contributed by atoms with Crippen LogP contribution in [0, 0.1) is 6.92 Å². The second-order valence-corrected chi connectivity index (χ2v) is 10.6. The zero-order valence-electron chi connectivity index (χ0n) is 20.2. The van der Waals surface area contributed by atoms with Crippen LogP contribution in [0.25, 0.3) is 0 Å². The quantitative estimate of drug-likeness (QED) is 0.461. The number of sulfonamides is 1. The van der Waals surface area contributed by atoms with Crippen molar-refractivity contribution < 1.29 is 17.9 Å². The first kappa shape index (κ1) is 24.9. The molecule has 0 saturated heterocycles. The minimum absolute atomic E-state index is 0.104. The second kappa shape index (κ2) is 11.1. The van der Waals surface area contributed by atoms with E-state index in [1.165, 1.54) is 11.6 Å². The first-order valence-electron chi connectivity index (χ1n) is 12.0. The lowest BCUT2D eigenvalue weighted by Crippen LogP contribution is -2.49. The molecular weight excluding hydrogens is 460 g/mol. The molecule has 0 saturated carbocycles. The molecule has 1 amide bonds. The molecule has 0 bridgehead atoms. The SMILES string of the molecule is CCOc1ccc(S(=O)(=O)NC(Cc2ccccc2)C(=O)NC2CCCc3ccccc32)cc1C. The molecule has 35 heavy (non-hydrogen) atoms. The third-order valence-corrected chi connectivity index (χ3v) is 7.81. The molecule has 0 aromatic heterocycles. The lowest BCUT2D eigenvalue weighted by Gasteiger charge is -2.28. The average molecular weight is 493 g/mol. The van der Waals surface area contributed by atoms with Gasteiger partial charge in [0.25, 0.3) is 0 Å². The Hall–Kier alpha value is -3.16. The van der Waals surface area contributed by atoms with Crippen molar-refractivity contribution in [2.45, 2.75) is 56.5 Å². The summed E-state index contributed by atoms with van der Waals surface area (Å²) in [7, 11) is -3.95. The van der Waals surface area contributed by atoms with Crippen LogP contribution in [0.15, 0.2) is 77.7 Å². The van der Waals surface area contributed by atoms with E-state index in [1.807, 2.05) is 55.5 Å². The van der Waals surface area contributed by atoms with E-state index in [1.54, 1.807) is 19.1 Å². The molecule has 0 spiro atoms. The number of fused-ring (bicyclic) bond motifs is 1. The third-order valence-electron chi connectivity index (χ3n) is 6.34. The normalized spacial score (nSPS) is 16.2. The van der Waals surface area contributed by atoms with Gasteiger partial charge in [-0.05, 0) is 80.0 Å². The Kier molecular flexibility index (Phi) is 7.88. The van der Waals surface area contributed by atoms with Gasteiger partial charge < -0.3 is 10.1 Å². The molecule has 7 heteroatoms. The van der Waals surface area contributed by atoms with E-state index in [-0.39, 0.29) is 23.3 Å². The highest BCUT2D eigenvalue weighted by Crippen LogP contribution is 2.29. The molecule has 184 valence electrons. The molecule has 4 rings (SSSR count). The van der Waals surface area contributed by atoms with Crippen LogP contribution in [0.4, 0.5) is 0 Å². The van der Waals surface area contributed by atoms with Crippen molar-refractivity contribution in [2.24, 2.45) is 0 Å². The standard InChI is InChI=1S/C28H32N2O4S/c1-3-34-27-17-16-23(18-20(27)2)35(32,33)30-26(19-21-10-5-4-6-11-21)28(31)29-25-15-9-13-22-12-7-8-14-24(22)25/h4-8,10-12,14,16-18,25-26,30H,3,9,13,15,19H2,1-2H3,(H,29,31). The Balaban J connectivity index is 1.58. The van der Waals surface area contributed by atoms with Crippen LogP contribution in [-0.2, 0) is 27.7 Å². The Morgan fingerprint density at radius 2 is 1.80 bits per heavy atom. The van der Waals surface area contributed by atoms with E-state index < -0.39 is 16.1 Å². The minimum atomic E-state index is -3.95. The smallest absolute Gasteiger partial charge is 0.241 e. The first-order valence-corrected chi connectivity index (χ1v) is 13.5. The zero-order chi connectivity index (χ0) is 24.8. The highest BCUT2D eigenvalue weighted by atomic mass is 32.2. The van der Waals surface area contributed by atoms with Gasteiger partial charge in [-0.1, -0.05) is 54.6 Å². The summed E-state index contributed by atoms with van der Waals surface area (Å²) in [6, 6.07) is 21.2. The van der Waals surface area contributed by atoms with Gasteiger partial charge in [0.2, 0.25) is 15.9 Å². The van der Waals surface area contributed by atoms with Gasteiger partial charge in [0, 0.05) is 0 Å². The maximum atomic E-state index is 13.5. The van der Waals surface area contributed by atoms with Crippen molar-refractivity contribution in [3.63, 3.8) is 0 Å². The molecule has 6 nitrogen and oxygen atoms in total. The fourth-order valence-electron chi connectivity index (χ4n) is 4.58. The number of rotatable bonds is 9. The summed E-state index contributed by atoms with van der Waals surface area (Å²) in [5.41, 5.74) is 3.93. The number of amides is 1. The number of nitrogens with one attached hydrogen (secondary N) is 2. The van der Waals surface area contributed by atoms with Crippen molar-refractivity contribution in [3.8, 4) is 5.75 Å². The number of hydrogen-bond acceptors (Lipinski definition) is 4. The lowest BCUT2D eigenvalue weighted by molar-refractivity contribution is -0.123. The molecule has 0 heterocycles. The van der Waals surface area contributed by atoms with Gasteiger partial charge in [-0.25, -0.2) is 8.42 Å². The van der Waals surface area contributed by atoms with Gasteiger partial charge in [-0.15, -0.1) is 0 Å². The summed E-state index contributed by atoms with van der Waals surface area (Å²) in [6.07, 6.45) is 3.03. The molecule has 2 atom stereocenters. The third kappa shape index (κ3) is 6.10. The van der Waals surface area contributed by atoms with Crippen LogP contribution in [0.3, 0.4) is 0 Å². The van der Waals surface area contributed by atoms with E-state index in [0.29, 0.717) is 12.4 Å². The minimum Gasteiger partial charge on any atom is -0.494 e. The van der Waals surface area contributed by atoms with Crippen LogP contribution in [0.5, 0.6) is 5.75 Å². The number of aryl methyl sites for hydroxylation is 2. The van der Waals surface area contributed by atoms with Gasteiger partial charge in [0.15, 0.2) is 0 Å². The first-order chi connectivity index (χ1) is 16.9. The van der Waals surface area contributed by atoms with Crippen molar-refractivity contribution >= 4 is 15.9 Å². The summed E-state index contributed by atoms with van der Waals surface area (Å²) < 4.78 is 34.8. The van der Waals surface area contributed by atoms with E-state index in [0.717, 1.165) is 36.0 Å². The van der Waals surface area contributed by atoms with E-state index in [9.17, 15) is 13.2 Å². The Morgan fingerprint density at radius 1 is 1.06 bits per heavy atom. The molecule has 0 aliphatic heterocycles. The van der Waals surface area contributed by atoms with Gasteiger partial charge in [0.1, 0.15) is 11.8 Å². The molecule has 2 unspecified atom stereocenters. The predicted molar refractivity (Wildman–Crippen MR) is 137 cm³/mol. The van der Waals surface area contributed by atoms with Crippen molar-refractivity contribution in [3.05, 3.63) is 95.1 Å². The molecule has 0 radical (unpaired) electrons. The van der Waals surface area contributed by atoms with Gasteiger partial charge >= 0.3 is 0 Å². The Bertz CT molecular complexity index is 1280. The van der Waals surface area contributed by atoms with E-state index >= 15 is 0 Å². The molecule has 2 N–H and O–H groups in total. The number of carbonyl (C=O) groups excluding carboxylic acids is 1. The molecular formula is C28H32N2O4S. The number of benzene rings is 3. The van der Waals surface area contributed by atoms with Crippen molar-refractivity contribution in [2.75, 3.05) is 6.61 Å². The molecule has 3 aromatic rings. The highest BCUT2D eigenvalue weighted by molar-refractivity contribution is 7.89. The summed E-state index contributed by atoms with van der Waals surface area (Å²) in [5.74, 6) is 0.308. The molecule has 3 aromatic carbocycles. The van der Waals surface area contributed by atoms with Crippen LogP contribution >= 0.6 is 0 Å². The average Bonchev–Trinajstić information content (AvgIpc) is 2.85. The van der Waals surface area contributed by atoms with Gasteiger partial charge in [-0.2, -0.15) is 4.72 Å². The van der Waals surface area contributed by atoms with Crippen LogP contribution in [0.1, 0.15) is 48.1 Å². The van der Waals surface area contributed by atoms with Crippen LogP contribution in [0.2, 0.25) is 0 Å². The summed E-state index contributed by atoms with van der Waals surface area (Å²) in [6.45, 7) is 4.18. The topological polar surface area (TPSA) is 84.5 Å². The lowest BCUT2D eigenvalue weighted by atomic mass is 9.87.